The molecule has 0 unspecified atom stereocenters. The largest absolute Gasteiger partial charge is 0.423 e. The number of rotatable bonds is 4. The van der Waals surface area contributed by atoms with E-state index in [9.17, 15) is 40.5 Å². The van der Waals surface area contributed by atoms with Gasteiger partial charge in [-0.2, -0.15) is 13.2 Å². The molecule has 0 atom stereocenters. The molecule has 2 aromatic rings. The van der Waals surface area contributed by atoms with Gasteiger partial charge in [0.1, 0.15) is 10.5 Å². The van der Waals surface area contributed by atoms with Crippen LogP contribution in [0.25, 0.3) is 0 Å². The number of halogens is 5. The van der Waals surface area contributed by atoms with Crippen LogP contribution >= 0.6 is 0 Å². The molecule has 0 aromatic heterocycles. The normalized spacial score (nSPS) is 12.0. The first-order chi connectivity index (χ1) is 11.4. The van der Waals surface area contributed by atoms with E-state index in [-0.39, 0.29) is 6.07 Å². The maximum absolute atomic E-state index is 13.6. The second kappa shape index (κ2) is 6.27. The number of hydrogen-bond acceptors (Lipinski definition) is 4. The molecule has 0 aliphatic rings. The highest BCUT2D eigenvalue weighted by atomic mass is 32.2. The van der Waals surface area contributed by atoms with Crippen LogP contribution in [-0.2, 0) is 16.2 Å². The molecule has 0 aliphatic heterocycles. The lowest BCUT2D eigenvalue weighted by molar-refractivity contribution is -0.388. The van der Waals surface area contributed by atoms with Gasteiger partial charge in [0.2, 0.25) is 0 Å². The number of nitro benzene ring substituents is 1. The van der Waals surface area contributed by atoms with E-state index >= 15 is 0 Å². The minimum atomic E-state index is -5.13. The van der Waals surface area contributed by atoms with Gasteiger partial charge in [-0.05, 0) is 24.3 Å². The fourth-order valence-corrected chi connectivity index (χ4v) is 3.03. The van der Waals surface area contributed by atoms with E-state index < -0.39 is 54.6 Å². The lowest BCUT2D eigenvalue weighted by Gasteiger charge is -2.12. The summed E-state index contributed by atoms with van der Waals surface area (Å²) in [6.07, 6.45) is -5.13. The van der Waals surface area contributed by atoms with Crippen molar-refractivity contribution in [2.75, 3.05) is 4.72 Å². The molecule has 6 nitrogen and oxygen atoms in total. The molecule has 2 rings (SSSR count). The third-order valence-corrected chi connectivity index (χ3v) is 4.36. The van der Waals surface area contributed by atoms with Crippen LogP contribution in [0.3, 0.4) is 0 Å². The zero-order chi connectivity index (χ0) is 19.0. The van der Waals surface area contributed by atoms with Crippen molar-refractivity contribution in [2.45, 2.75) is 11.1 Å². The van der Waals surface area contributed by atoms with Crippen molar-refractivity contribution < 1.29 is 35.3 Å². The first-order valence-corrected chi connectivity index (χ1v) is 7.74. The lowest BCUT2D eigenvalue weighted by Crippen LogP contribution is -2.16. The summed E-state index contributed by atoms with van der Waals surface area (Å²) in [4.78, 5) is 8.23. The maximum atomic E-state index is 13.6. The van der Waals surface area contributed by atoms with Crippen molar-refractivity contribution in [1.82, 2.24) is 0 Å². The van der Waals surface area contributed by atoms with E-state index in [2.05, 4.69) is 0 Å². The summed E-state index contributed by atoms with van der Waals surface area (Å²) in [6, 6.07) is 3.58. The standard InChI is InChI=1S/C13H7F5N2O4S/c14-9-2-1-3-11(12(9)15)25(23,24)19-7-4-5-10(20(21)22)8(6-7)13(16,17)18/h1-6,19H. The second-order valence-electron chi connectivity index (χ2n) is 4.64. The van der Waals surface area contributed by atoms with Crippen molar-refractivity contribution in [1.29, 1.82) is 0 Å². The number of benzene rings is 2. The molecule has 1 N–H and O–H groups in total. The Labute approximate surface area is 137 Å². The zero-order valence-electron chi connectivity index (χ0n) is 11.8. The highest BCUT2D eigenvalue weighted by Crippen LogP contribution is 2.38. The third kappa shape index (κ3) is 3.84. The molecule has 0 radical (unpaired) electrons. The summed E-state index contributed by atoms with van der Waals surface area (Å²) in [5.41, 5.74) is -3.69. The Bertz CT molecular complexity index is 944. The number of nitrogens with zero attached hydrogens (tertiary/aromatic N) is 1. The zero-order valence-corrected chi connectivity index (χ0v) is 12.7. The van der Waals surface area contributed by atoms with Gasteiger partial charge in [-0.15, -0.1) is 0 Å². The molecular weight excluding hydrogens is 375 g/mol. The van der Waals surface area contributed by atoms with E-state index in [0.717, 1.165) is 6.07 Å². The molecule has 0 fully saturated rings. The number of anilines is 1. The van der Waals surface area contributed by atoms with Gasteiger partial charge in [-0.3, -0.25) is 14.8 Å². The summed E-state index contributed by atoms with van der Waals surface area (Å²) < 4.78 is 91.0. The summed E-state index contributed by atoms with van der Waals surface area (Å²) >= 11 is 0. The predicted octanol–water partition coefficient (Wildman–Crippen LogP) is 3.69. The summed E-state index contributed by atoms with van der Waals surface area (Å²) in [5, 5.41) is 10.6. The summed E-state index contributed by atoms with van der Waals surface area (Å²) in [6.45, 7) is 0. The molecule has 0 spiro atoms. The van der Waals surface area contributed by atoms with Gasteiger partial charge in [0, 0.05) is 11.8 Å². The third-order valence-electron chi connectivity index (χ3n) is 2.96. The van der Waals surface area contributed by atoms with E-state index in [1.807, 2.05) is 0 Å². The number of sulfonamides is 1. The second-order valence-corrected chi connectivity index (χ2v) is 6.30. The fourth-order valence-electron chi connectivity index (χ4n) is 1.89. The van der Waals surface area contributed by atoms with Crippen LogP contribution in [0.15, 0.2) is 41.3 Å². The minimum absolute atomic E-state index is 0.187. The van der Waals surface area contributed by atoms with E-state index in [1.165, 1.54) is 0 Å². The van der Waals surface area contributed by atoms with Crippen molar-refractivity contribution in [3.05, 3.63) is 63.7 Å². The first-order valence-electron chi connectivity index (χ1n) is 6.26. The number of nitro groups is 1. The Morgan fingerprint density at radius 1 is 1.08 bits per heavy atom. The van der Waals surface area contributed by atoms with Gasteiger partial charge >= 0.3 is 6.18 Å². The molecule has 25 heavy (non-hydrogen) atoms. The molecule has 0 aliphatic carbocycles. The van der Waals surface area contributed by atoms with E-state index in [4.69, 9.17) is 0 Å². The molecule has 0 saturated carbocycles. The number of nitrogens with one attached hydrogen (secondary N) is 1. The number of alkyl halides is 3. The van der Waals surface area contributed by atoms with Gasteiger partial charge < -0.3 is 0 Å². The molecule has 0 bridgehead atoms. The van der Waals surface area contributed by atoms with Gasteiger partial charge in [-0.25, -0.2) is 17.2 Å². The Kier molecular flexibility index (Phi) is 4.66. The first kappa shape index (κ1) is 18.6. The molecule has 134 valence electrons. The average molecular weight is 382 g/mol. The summed E-state index contributed by atoms with van der Waals surface area (Å²) in [5.74, 6) is -3.18. The van der Waals surface area contributed by atoms with Crippen LogP contribution < -0.4 is 4.72 Å². The average Bonchev–Trinajstić information content (AvgIpc) is 2.48. The topological polar surface area (TPSA) is 89.3 Å². The van der Waals surface area contributed by atoms with Crippen LogP contribution in [-0.4, -0.2) is 13.3 Å². The molecule has 0 saturated heterocycles. The monoisotopic (exact) mass is 382 g/mol. The Hall–Kier alpha value is -2.76. The smallest absolute Gasteiger partial charge is 0.280 e. The van der Waals surface area contributed by atoms with E-state index in [1.54, 1.807) is 4.72 Å². The minimum Gasteiger partial charge on any atom is -0.280 e. The van der Waals surface area contributed by atoms with Crippen molar-refractivity contribution in [3.8, 4) is 0 Å². The quantitative estimate of drug-likeness (QED) is 0.496. The van der Waals surface area contributed by atoms with Gasteiger partial charge in [-0.1, -0.05) is 6.07 Å². The van der Waals surface area contributed by atoms with Crippen LogP contribution in [0.1, 0.15) is 5.56 Å². The molecule has 0 amide bonds. The Morgan fingerprint density at radius 3 is 2.28 bits per heavy atom. The molecule has 2 aromatic carbocycles. The van der Waals surface area contributed by atoms with Crippen LogP contribution in [0.5, 0.6) is 0 Å². The maximum Gasteiger partial charge on any atom is 0.423 e. The van der Waals surface area contributed by atoms with Gasteiger partial charge in [0.05, 0.1) is 4.92 Å². The fraction of sp³-hybridized carbons (Fsp3) is 0.0769. The van der Waals surface area contributed by atoms with Crippen LogP contribution in [0, 0.1) is 21.7 Å². The number of hydrogen-bond donors (Lipinski definition) is 1. The highest BCUT2D eigenvalue weighted by molar-refractivity contribution is 7.92. The molecule has 0 heterocycles. The van der Waals surface area contributed by atoms with Crippen LogP contribution in [0.2, 0.25) is 0 Å². The SMILES string of the molecule is O=[N+]([O-])c1ccc(NS(=O)(=O)c2cccc(F)c2F)cc1C(F)(F)F. The highest BCUT2D eigenvalue weighted by Gasteiger charge is 2.38. The summed E-state index contributed by atoms with van der Waals surface area (Å²) in [7, 11) is -4.76. The van der Waals surface area contributed by atoms with E-state index in [0.29, 0.717) is 24.3 Å². The van der Waals surface area contributed by atoms with Crippen molar-refractivity contribution in [3.63, 3.8) is 0 Å². The molecule has 12 heteroatoms. The molecular formula is C13H7F5N2O4S. The van der Waals surface area contributed by atoms with Crippen molar-refractivity contribution >= 4 is 21.4 Å². The van der Waals surface area contributed by atoms with Gasteiger partial charge in [0.15, 0.2) is 11.6 Å². The Morgan fingerprint density at radius 2 is 1.72 bits per heavy atom. The Balaban J connectivity index is 2.50. The van der Waals surface area contributed by atoms with Gasteiger partial charge in [0.25, 0.3) is 15.7 Å². The lowest BCUT2D eigenvalue weighted by atomic mass is 10.1. The predicted molar refractivity (Wildman–Crippen MR) is 75.3 cm³/mol. The van der Waals surface area contributed by atoms with Crippen LogP contribution in [0.4, 0.5) is 33.3 Å². The van der Waals surface area contributed by atoms with Crippen molar-refractivity contribution in [2.24, 2.45) is 0 Å².